The van der Waals surface area contributed by atoms with Gasteiger partial charge < -0.3 is 9.84 Å². The van der Waals surface area contributed by atoms with Gasteiger partial charge in [-0.1, -0.05) is 24.0 Å². The van der Waals surface area contributed by atoms with Crippen LogP contribution in [0, 0.1) is 11.8 Å². The third kappa shape index (κ3) is 2.01. The van der Waals surface area contributed by atoms with E-state index in [4.69, 9.17) is 9.84 Å². The fourth-order valence-electron chi connectivity index (χ4n) is 0.883. The number of aliphatic hydroxyl groups is 1. The molecule has 0 heterocycles. The maximum Gasteiger partial charge on any atom is 0.134 e. The molecule has 0 amide bonds. The molecule has 1 aromatic rings. The van der Waals surface area contributed by atoms with Crippen molar-refractivity contribution in [2.45, 2.75) is 0 Å². The Hall–Kier alpha value is -1.46. The van der Waals surface area contributed by atoms with Gasteiger partial charge in [-0.3, -0.25) is 0 Å². The molecule has 0 atom stereocenters. The minimum atomic E-state index is -0.127. The first kappa shape index (κ1) is 8.63. The van der Waals surface area contributed by atoms with E-state index in [0.29, 0.717) is 0 Å². The summed E-state index contributed by atoms with van der Waals surface area (Å²) in [5.41, 5.74) is 0.800. The molecule has 0 aliphatic rings. The van der Waals surface area contributed by atoms with Gasteiger partial charge in [0.1, 0.15) is 12.4 Å². The first-order valence-electron chi connectivity index (χ1n) is 3.61. The molecule has 2 nitrogen and oxygen atoms in total. The molecule has 0 fully saturated rings. The summed E-state index contributed by atoms with van der Waals surface area (Å²) in [6.45, 7) is -0.127. The smallest absolute Gasteiger partial charge is 0.134 e. The SMILES string of the molecule is COc1ccccc1C#CCO. The van der Waals surface area contributed by atoms with Crippen LogP contribution in [0.4, 0.5) is 0 Å². The highest BCUT2D eigenvalue weighted by molar-refractivity contribution is 5.45. The van der Waals surface area contributed by atoms with Gasteiger partial charge in [-0.05, 0) is 12.1 Å². The molecule has 12 heavy (non-hydrogen) atoms. The van der Waals surface area contributed by atoms with Gasteiger partial charge in [-0.15, -0.1) is 0 Å². The molecule has 0 bridgehead atoms. The molecule has 0 aliphatic heterocycles. The lowest BCUT2D eigenvalue weighted by Crippen LogP contribution is -1.86. The molecule has 0 radical (unpaired) electrons. The maximum atomic E-state index is 8.48. The van der Waals surface area contributed by atoms with E-state index in [0.717, 1.165) is 11.3 Å². The zero-order valence-electron chi connectivity index (χ0n) is 6.87. The van der Waals surface area contributed by atoms with Gasteiger partial charge in [-0.2, -0.15) is 0 Å². The summed E-state index contributed by atoms with van der Waals surface area (Å²) < 4.78 is 5.06. The van der Waals surface area contributed by atoms with Crippen LogP contribution in [-0.4, -0.2) is 18.8 Å². The number of rotatable bonds is 1. The van der Waals surface area contributed by atoms with E-state index >= 15 is 0 Å². The Morgan fingerprint density at radius 2 is 2.17 bits per heavy atom. The molecule has 1 rings (SSSR count). The van der Waals surface area contributed by atoms with E-state index in [2.05, 4.69) is 11.8 Å². The van der Waals surface area contributed by atoms with Gasteiger partial charge in [-0.25, -0.2) is 0 Å². The Bertz CT molecular complexity index is 307. The Balaban J connectivity index is 2.97. The van der Waals surface area contributed by atoms with E-state index in [1.54, 1.807) is 7.11 Å². The molecule has 0 saturated carbocycles. The standard InChI is InChI=1S/C10H10O2/c1-12-10-7-3-2-5-9(10)6-4-8-11/h2-3,5,7,11H,8H2,1H3. The van der Waals surface area contributed by atoms with Crippen LogP contribution in [0.2, 0.25) is 0 Å². The number of hydrogen-bond acceptors (Lipinski definition) is 2. The zero-order chi connectivity index (χ0) is 8.81. The predicted octanol–water partition coefficient (Wildman–Crippen LogP) is 1.04. The molecule has 0 saturated heterocycles. The maximum absolute atomic E-state index is 8.48. The summed E-state index contributed by atoms with van der Waals surface area (Å²) in [6.07, 6.45) is 0. The van der Waals surface area contributed by atoms with Crippen LogP contribution in [0.1, 0.15) is 5.56 Å². The Morgan fingerprint density at radius 3 is 2.83 bits per heavy atom. The first-order chi connectivity index (χ1) is 5.88. The van der Waals surface area contributed by atoms with Crippen molar-refractivity contribution >= 4 is 0 Å². The number of para-hydroxylation sites is 1. The summed E-state index contributed by atoms with van der Waals surface area (Å²) in [7, 11) is 1.60. The monoisotopic (exact) mass is 162 g/mol. The summed E-state index contributed by atoms with van der Waals surface area (Å²) in [5.74, 6) is 6.09. The highest BCUT2D eigenvalue weighted by Crippen LogP contribution is 2.15. The second kappa shape index (κ2) is 4.42. The highest BCUT2D eigenvalue weighted by atomic mass is 16.5. The van der Waals surface area contributed by atoms with Crippen molar-refractivity contribution in [1.29, 1.82) is 0 Å². The van der Waals surface area contributed by atoms with Crippen molar-refractivity contribution in [2.24, 2.45) is 0 Å². The van der Waals surface area contributed by atoms with Crippen molar-refractivity contribution in [1.82, 2.24) is 0 Å². The topological polar surface area (TPSA) is 29.5 Å². The Kier molecular flexibility index (Phi) is 3.18. The van der Waals surface area contributed by atoms with Crippen LogP contribution in [0.5, 0.6) is 5.75 Å². The third-order valence-electron chi connectivity index (χ3n) is 1.41. The number of benzene rings is 1. The van der Waals surface area contributed by atoms with Crippen molar-refractivity contribution in [2.75, 3.05) is 13.7 Å². The third-order valence-corrected chi connectivity index (χ3v) is 1.41. The molecule has 1 N–H and O–H groups in total. The lowest BCUT2D eigenvalue weighted by molar-refractivity contribution is 0.350. The molecule has 1 aromatic carbocycles. The second-order valence-electron chi connectivity index (χ2n) is 2.16. The minimum absolute atomic E-state index is 0.127. The van der Waals surface area contributed by atoms with Crippen LogP contribution >= 0.6 is 0 Å². The quantitative estimate of drug-likeness (QED) is 0.625. The second-order valence-corrected chi connectivity index (χ2v) is 2.16. The lowest BCUT2D eigenvalue weighted by atomic mass is 10.2. The van der Waals surface area contributed by atoms with Crippen LogP contribution < -0.4 is 4.74 Å². The van der Waals surface area contributed by atoms with Gasteiger partial charge in [0.25, 0.3) is 0 Å². The molecule has 0 spiro atoms. The normalized spacial score (nSPS) is 8.50. The predicted molar refractivity (Wildman–Crippen MR) is 47.0 cm³/mol. The fraction of sp³-hybridized carbons (Fsp3) is 0.200. The van der Waals surface area contributed by atoms with Crippen LogP contribution in [0.15, 0.2) is 24.3 Å². The van der Waals surface area contributed by atoms with Crippen molar-refractivity contribution < 1.29 is 9.84 Å². The van der Waals surface area contributed by atoms with E-state index in [9.17, 15) is 0 Å². The Morgan fingerprint density at radius 1 is 1.42 bits per heavy atom. The van der Waals surface area contributed by atoms with Gasteiger partial charge >= 0.3 is 0 Å². The molecule has 0 aromatic heterocycles. The van der Waals surface area contributed by atoms with Crippen molar-refractivity contribution in [3.63, 3.8) is 0 Å². The highest BCUT2D eigenvalue weighted by Gasteiger charge is 1.95. The summed E-state index contributed by atoms with van der Waals surface area (Å²) in [6, 6.07) is 7.44. The van der Waals surface area contributed by atoms with E-state index in [1.165, 1.54) is 0 Å². The average Bonchev–Trinajstić information content (AvgIpc) is 2.15. The largest absolute Gasteiger partial charge is 0.495 e. The molecule has 2 heteroatoms. The summed E-state index contributed by atoms with van der Waals surface area (Å²) in [4.78, 5) is 0. The van der Waals surface area contributed by atoms with Crippen LogP contribution in [0.25, 0.3) is 0 Å². The van der Waals surface area contributed by atoms with Crippen LogP contribution in [0.3, 0.4) is 0 Å². The van der Waals surface area contributed by atoms with Crippen molar-refractivity contribution in [3.8, 4) is 17.6 Å². The fourth-order valence-corrected chi connectivity index (χ4v) is 0.883. The molecule has 0 aliphatic carbocycles. The van der Waals surface area contributed by atoms with Gasteiger partial charge in [0.15, 0.2) is 0 Å². The summed E-state index contributed by atoms with van der Waals surface area (Å²) in [5, 5.41) is 8.48. The number of hydrogen-bond donors (Lipinski definition) is 1. The van der Waals surface area contributed by atoms with Gasteiger partial charge in [0, 0.05) is 0 Å². The molecule has 62 valence electrons. The zero-order valence-corrected chi connectivity index (χ0v) is 6.87. The van der Waals surface area contributed by atoms with E-state index in [1.807, 2.05) is 24.3 Å². The number of aliphatic hydroxyl groups excluding tert-OH is 1. The molecular formula is C10H10O2. The Labute approximate surface area is 71.8 Å². The molecular weight excluding hydrogens is 152 g/mol. The van der Waals surface area contributed by atoms with Crippen molar-refractivity contribution in [3.05, 3.63) is 29.8 Å². The summed E-state index contributed by atoms with van der Waals surface area (Å²) >= 11 is 0. The lowest BCUT2D eigenvalue weighted by Gasteiger charge is -2.00. The van der Waals surface area contributed by atoms with Gasteiger partial charge in [0.05, 0.1) is 12.7 Å². The van der Waals surface area contributed by atoms with E-state index in [-0.39, 0.29) is 6.61 Å². The van der Waals surface area contributed by atoms with E-state index < -0.39 is 0 Å². The van der Waals surface area contributed by atoms with Gasteiger partial charge in [0.2, 0.25) is 0 Å². The minimum Gasteiger partial charge on any atom is -0.495 e. The van der Waals surface area contributed by atoms with Crippen LogP contribution in [-0.2, 0) is 0 Å². The average molecular weight is 162 g/mol. The number of methoxy groups -OCH3 is 1. The first-order valence-corrected chi connectivity index (χ1v) is 3.61. The number of ether oxygens (including phenoxy) is 1. The molecule has 0 unspecified atom stereocenters.